The Balaban J connectivity index is 1.39. The van der Waals surface area contributed by atoms with Crippen LogP contribution >= 0.6 is 0 Å². The fourth-order valence-electron chi connectivity index (χ4n) is 3.88. The second-order valence-electron chi connectivity index (χ2n) is 7.77. The highest BCUT2D eigenvalue weighted by atomic mass is 32.2. The van der Waals surface area contributed by atoms with E-state index in [1.54, 1.807) is 54.6 Å². The number of hydrogen-bond donors (Lipinski definition) is 1. The number of nitrogens with zero attached hydrogens (tertiary/aromatic N) is 1. The first-order valence-corrected chi connectivity index (χ1v) is 12.2. The molecule has 3 aromatic rings. The molecule has 0 aliphatic carbocycles. The summed E-state index contributed by atoms with van der Waals surface area (Å²) in [5.41, 5.74) is 0.642. The van der Waals surface area contributed by atoms with E-state index in [9.17, 15) is 13.2 Å². The molecule has 0 aromatic heterocycles. The van der Waals surface area contributed by atoms with Crippen molar-refractivity contribution in [2.45, 2.75) is 36.6 Å². The number of carbonyl (C=O) groups excluding carboxylic acids is 1. The lowest BCUT2D eigenvalue weighted by Gasteiger charge is -2.34. The van der Waals surface area contributed by atoms with Crippen molar-refractivity contribution in [1.82, 2.24) is 4.31 Å². The molecule has 1 N–H and O–H groups in total. The van der Waals surface area contributed by atoms with E-state index in [-0.39, 0.29) is 23.3 Å². The number of amides is 1. The van der Waals surface area contributed by atoms with Crippen molar-refractivity contribution in [3.05, 3.63) is 84.9 Å². The minimum atomic E-state index is -3.63. The molecule has 0 unspecified atom stereocenters. The van der Waals surface area contributed by atoms with Gasteiger partial charge in [-0.1, -0.05) is 42.8 Å². The Hall–Kier alpha value is -3.16. The molecule has 0 spiro atoms. The number of sulfonamides is 1. The number of hydrogen-bond acceptors (Lipinski definition) is 4. The van der Waals surface area contributed by atoms with E-state index in [1.807, 2.05) is 30.3 Å². The second kappa shape index (κ2) is 9.97. The van der Waals surface area contributed by atoms with Crippen molar-refractivity contribution in [2.75, 3.05) is 11.9 Å². The van der Waals surface area contributed by atoms with Crippen LogP contribution in [0.2, 0.25) is 0 Å². The average Bonchev–Trinajstić information content (AvgIpc) is 2.82. The van der Waals surface area contributed by atoms with Crippen LogP contribution in [0.3, 0.4) is 0 Å². The van der Waals surface area contributed by atoms with E-state index in [0.29, 0.717) is 24.4 Å². The SMILES string of the molecule is O=C(C[C@H]1CCCCN1S(=O)(=O)c1ccccc1)Nc1ccc(Oc2ccccc2)cc1. The van der Waals surface area contributed by atoms with Gasteiger partial charge in [0.1, 0.15) is 11.5 Å². The van der Waals surface area contributed by atoms with Gasteiger partial charge in [0.15, 0.2) is 0 Å². The molecule has 166 valence electrons. The predicted molar refractivity (Wildman–Crippen MR) is 124 cm³/mol. The summed E-state index contributed by atoms with van der Waals surface area (Å²) in [7, 11) is -3.63. The highest BCUT2D eigenvalue weighted by molar-refractivity contribution is 7.89. The largest absolute Gasteiger partial charge is 0.457 e. The number of carbonyl (C=O) groups is 1. The summed E-state index contributed by atoms with van der Waals surface area (Å²) in [6, 6.07) is 24.6. The van der Waals surface area contributed by atoms with Crippen LogP contribution in [0.1, 0.15) is 25.7 Å². The molecule has 4 rings (SSSR count). The summed E-state index contributed by atoms with van der Waals surface area (Å²) in [4.78, 5) is 13.0. The van der Waals surface area contributed by atoms with E-state index >= 15 is 0 Å². The van der Waals surface area contributed by atoms with Gasteiger partial charge >= 0.3 is 0 Å². The summed E-state index contributed by atoms with van der Waals surface area (Å²) in [5, 5.41) is 2.88. The number of ether oxygens (including phenoxy) is 1. The molecule has 0 bridgehead atoms. The van der Waals surface area contributed by atoms with Gasteiger partial charge < -0.3 is 10.1 Å². The Morgan fingerprint density at radius 2 is 1.50 bits per heavy atom. The molecular formula is C25H26N2O4S. The van der Waals surface area contributed by atoms with Crippen LogP contribution in [0.4, 0.5) is 5.69 Å². The van der Waals surface area contributed by atoms with Crippen LogP contribution in [0.5, 0.6) is 11.5 Å². The normalized spacial score (nSPS) is 16.9. The zero-order chi connectivity index (χ0) is 22.4. The van der Waals surface area contributed by atoms with E-state index in [4.69, 9.17) is 4.74 Å². The Labute approximate surface area is 188 Å². The average molecular weight is 451 g/mol. The van der Waals surface area contributed by atoms with Crippen LogP contribution in [-0.2, 0) is 14.8 Å². The summed E-state index contributed by atoms with van der Waals surface area (Å²) < 4.78 is 33.5. The van der Waals surface area contributed by atoms with Crippen molar-refractivity contribution < 1.29 is 17.9 Å². The van der Waals surface area contributed by atoms with E-state index in [2.05, 4.69) is 5.32 Å². The number of para-hydroxylation sites is 1. The van der Waals surface area contributed by atoms with Gasteiger partial charge in [-0.15, -0.1) is 0 Å². The van der Waals surface area contributed by atoms with Crippen LogP contribution in [0.25, 0.3) is 0 Å². The van der Waals surface area contributed by atoms with E-state index in [1.165, 1.54) is 4.31 Å². The first-order chi connectivity index (χ1) is 15.5. The Morgan fingerprint density at radius 1 is 0.875 bits per heavy atom. The van der Waals surface area contributed by atoms with Gasteiger partial charge in [0, 0.05) is 24.7 Å². The van der Waals surface area contributed by atoms with Crippen molar-refractivity contribution in [1.29, 1.82) is 0 Å². The van der Waals surface area contributed by atoms with Crippen molar-refractivity contribution in [2.24, 2.45) is 0 Å². The molecule has 6 nitrogen and oxygen atoms in total. The third-order valence-corrected chi connectivity index (χ3v) is 7.43. The maximum absolute atomic E-state index is 13.1. The first kappa shape index (κ1) is 22.0. The third-order valence-electron chi connectivity index (χ3n) is 5.46. The maximum atomic E-state index is 13.1. The molecule has 0 radical (unpaired) electrons. The number of rotatable bonds is 7. The quantitative estimate of drug-likeness (QED) is 0.546. The third kappa shape index (κ3) is 5.36. The Bertz CT molecular complexity index is 1130. The Kier molecular flexibility index (Phi) is 6.87. The van der Waals surface area contributed by atoms with Gasteiger partial charge in [-0.25, -0.2) is 8.42 Å². The zero-order valence-corrected chi connectivity index (χ0v) is 18.5. The molecule has 1 amide bonds. The Morgan fingerprint density at radius 3 is 2.19 bits per heavy atom. The highest BCUT2D eigenvalue weighted by Crippen LogP contribution is 2.28. The molecule has 1 fully saturated rings. The number of anilines is 1. The van der Waals surface area contributed by atoms with E-state index < -0.39 is 10.0 Å². The van der Waals surface area contributed by atoms with Gasteiger partial charge in [-0.3, -0.25) is 4.79 Å². The van der Waals surface area contributed by atoms with Crippen molar-refractivity contribution >= 4 is 21.6 Å². The highest BCUT2D eigenvalue weighted by Gasteiger charge is 2.34. The van der Waals surface area contributed by atoms with Crippen LogP contribution in [-0.4, -0.2) is 31.2 Å². The molecule has 0 saturated carbocycles. The van der Waals surface area contributed by atoms with Gasteiger partial charge in [0.25, 0.3) is 0 Å². The molecule has 1 aliphatic heterocycles. The summed E-state index contributed by atoms with van der Waals surface area (Å²) in [6.45, 7) is 0.431. The number of benzene rings is 3. The molecule has 1 saturated heterocycles. The smallest absolute Gasteiger partial charge is 0.243 e. The standard InChI is InChI=1S/C25H26N2O4S/c28-25(26-20-14-16-23(17-15-20)31-22-10-3-1-4-11-22)19-21-9-7-8-18-27(21)32(29,30)24-12-5-2-6-13-24/h1-6,10-17,21H,7-9,18-19H2,(H,26,28)/t21-/m1/s1. The monoisotopic (exact) mass is 450 g/mol. The molecular weight excluding hydrogens is 424 g/mol. The van der Waals surface area contributed by atoms with Gasteiger partial charge in [0.2, 0.25) is 15.9 Å². The lowest BCUT2D eigenvalue weighted by Crippen LogP contribution is -2.45. The van der Waals surface area contributed by atoms with Crippen molar-refractivity contribution in [3.8, 4) is 11.5 Å². The van der Waals surface area contributed by atoms with Crippen LogP contribution in [0, 0.1) is 0 Å². The zero-order valence-electron chi connectivity index (χ0n) is 17.7. The summed E-state index contributed by atoms with van der Waals surface area (Å²) in [6.07, 6.45) is 2.50. The van der Waals surface area contributed by atoms with E-state index in [0.717, 1.165) is 18.6 Å². The summed E-state index contributed by atoms with van der Waals surface area (Å²) >= 11 is 0. The number of nitrogens with one attached hydrogen (secondary N) is 1. The minimum absolute atomic E-state index is 0.119. The van der Waals surface area contributed by atoms with Crippen LogP contribution in [0.15, 0.2) is 89.8 Å². The molecule has 3 aromatic carbocycles. The lowest BCUT2D eigenvalue weighted by molar-refractivity contribution is -0.117. The first-order valence-electron chi connectivity index (χ1n) is 10.7. The summed E-state index contributed by atoms with van der Waals surface area (Å²) in [5.74, 6) is 1.20. The fourth-order valence-corrected chi connectivity index (χ4v) is 5.59. The second-order valence-corrected chi connectivity index (χ2v) is 9.66. The topological polar surface area (TPSA) is 75.7 Å². The van der Waals surface area contributed by atoms with Crippen molar-refractivity contribution in [3.63, 3.8) is 0 Å². The number of piperidine rings is 1. The van der Waals surface area contributed by atoms with Gasteiger partial charge in [-0.05, 0) is 61.4 Å². The van der Waals surface area contributed by atoms with Gasteiger partial charge in [0.05, 0.1) is 4.90 Å². The fraction of sp³-hybridized carbons (Fsp3) is 0.240. The molecule has 7 heteroatoms. The maximum Gasteiger partial charge on any atom is 0.243 e. The van der Waals surface area contributed by atoms with Gasteiger partial charge in [-0.2, -0.15) is 4.31 Å². The minimum Gasteiger partial charge on any atom is -0.457 e. The van der Waals surface area contributed by atoms with Crippen LogP contribution < -0.4 is 10.1 Å². The molecule has 1 atom stereocenters. The molecule has 32 heavy (non-hydrogen) atoms. The molecule has 1 aliphatic rings. The predicted octanol–water partition coefficient (Wildman–Crippen LogP) is 5.05. The molecule has 1 heterocycles. The lowest BCUT2D eigenvalue weighted by atomic mass is 10.0.